The number of nitrogens with two attached hydrogens (primary N) is 1. The highest BCUT2D eigenvalue weighted by Crippen LogP contribution is 2.26. The highest BCUT2D eigenvalue weighted by molar-refractivity contribution is 7.15. The van der Waals surface area contributed by atoms with Crippen LogP contribution in [0.1, 0.15) is 27.1 Å². The predicted molar refractivity (Wildman–Crippen MR) is 97.0 cm³/mol. The molecule has 3 N–H and O–H groups in total. The van der Waals surface area contributed by atoms with E-state index in [4.69, 9.17) is 5.73 Å². The Labute approximate surface area is 151 Å². The zero-order valence-electron chi connectivity index (χ0n) is 14.0. The van der Waals surface area contributed by atoms with Crippen LogP contribution in [0.3, 0.4) is 0 Å². The second-order valence-electron chi connectivity index (χ2n) is 5.56. The Kier molecular flexibility index (Phi) is 4.67. The molecule has 3 rings (SSSR count). The summed E-state index contributed by atoms with van der Waals surface area (Å²) >= 11 is 1.15. The lowest BCUT2D eigenvalue weighted by molar-refractivity contribution is 0.0932. The molecule has 0 fully saturated rings. The maximum atomic E-state index is 12.8. The molecule has 26 heavy (non-hydrogen) atoms. The van der Waals surface area contributed by atoms with Crippen LogP contribution in [0, 0.1) is 0 Å². The number of benzene rings is 1. The number of nitrogen functional groups attached to an aromatic ring is 1. The van der Waals surface area contributed by atoms with Crippen molar-refractivity contribution >= 4 is 22.4 Å². The van der Waals surface area contributed by atoms with Crippen molar-refractivity contribution in [2.24, 2.45) is 14.1 Å². The average Bonchev–Trinajstić information content (AvgIpc) is 3.07. The molecular weight excluding hydrogens is 356 g/mol. The molecule has 134 valence electrons. The number of hydrogen-bond acceptors (Lipinski definition) is 7. The summed E-state index contributed by atoms with van der Waals surface area (Å²) in [6.45, 7) is 0. The zero-order chi connectivity index (χ0) is 18.8. The van der Waals surface area contributed by atoms with Crippen LogP contribution in [0.15, 0.2) is 46.0 Å². The van der Waals surface area contributed by atoms with Crippen LogP contribution in [-0.4, -0.2) is 25.2 Å². The molecule has 9 nitrogen and oxygen atoms in total. The van der Waals surface area contributed by atoms with Crippen molar-refractivity contribution in [2.75, 3.05) is 5.73 Å². The first-order valence-electron chi connectivity index (χ1n) is 7.60. The number of carbonyl (C=O) groups is 1. The maximum absolute atomic E-state index is 12.8. The summed E-state index contributed by atoms with van der Waals surface area (Å²) in [5, 5.41) is 11.4. The molecule has 0 spiro atoms. The summed E-state index contributed by atoms with van der Waals surface area (Å²) in [6.07, 6.45) is 0. The van der Waals surface area contributed by atoms with E-state index < -0.39 is 23.2 Å². The van der Waals surface area contributed by atoms with E-state index >= 15 is 0 Å². The molecule has 0 aliphatic heterocycles. The molecule has 1 aromatic carbocycles. The summed E-state index contributed by atoms with van der Waals surface area (Å²) in [4.78, 5) is 36.7. The number of rotatable bonds is 4. The van der Waals surface area contributed by atoms with Gasteiger partial charge < -0.3 is 11.1 Å². The van der Waals surface area contributed by atoms with Gasteiger partial charge in [0.25, 0.3) is 11.5 Å². The van der Waals surface area contributed by atoms with Crippen molar-refractivity contribution < 1.29 is 4.79 Å². The van der Waals surface area contributed by atoms with Crippen LogP contribution in [-0.2, 0) is 14.1 Å². The third-order valence-corrected chi connectivity index (χ3v) is 4.69. The summed E-state index contributed by atoms with van der Waals surface area (Å²) in [5.74, 6) is -0.579. The van der Waals surface area contributed by atoms with Crippen molar-refractivity contribution in [1.82, 2.24) is 24.6 Å². The highest BCUT2D eigenvalue weighted by Gasteiger charge is 2.23. The van der Waals surface area contributed by atoms with Gasteiger partial charge in [-0.25, -0.2) is 4.79 Å². The monoisotopic (exact) mass is 372 g/mol. The van der Waals surface area contributed by atoms with Crippen LogP contribution in [0.5, 0.6) is 0 Å². The molecular formula is C16H16N6O3S. The largest absolute Gasteiger partial charge is 0.374 e. The van der Waals surface area contributed by atoms with Crippen molar-refractivity contribution in [3.63, 3.8) is 0 Å². The molecule has 0 aliphatic carbocycles. The van der Waals surface area contributed by atoms with Gasteiger partial charge in [-0.15, -0.1) is 10.2 Å². The third-order valence-electron chi connectivity index (χ3n) is 3.87. The second-order valence-corrected chi connectivity index (χ2v) is 6.60. The van der Waals surface area contributed by atoms with Crippen LogP contribution < -0.4 is 22.3 Å². The topological polar surface area (TPSA) is 125 Å². The van der Waals surface area contributed by atoms with Crippen LogP contribution in [0.4, 0.5) is 5.13 Å². The maximum Gasteiger partial charge on any atom is 0.331 e. The minimum atomic E-state index is -0.613. The smallest absolute Gasteiger partial charge is 0.331 e. The van der Waals surface area contributed by atoms with Crippen molar-refractivity contribution in [3.05, 3.63) is 73.5 Å². The van der Waals surface area contributed by atoms with E-state index in [1.54, 1.807) is 0 Å². The lowest BCUT2D eigenvalue weighted by Gasteiger charge is -2.17. The first-order chi connectivity index (χ1) is 12.4. The number of carbonyl (C=O) groups excluding carboxylic acids is 1. The fourth-order valence-corrected chi connectivity index (χ4v) is 3.14. The van der Waals surface area contributed by atoms with E-state index in [0.29, 0.717) is 5.01 Å². The number of anilines is 1. The molecule has 3 aromatic rings. The lowest BCUT2D eigenvalue weighted by atomic mass is 10.1. The molecule has 2 aromatic heterocycles. The Morgan fingerprint density at radius 3 is 2.46 bits per heavy atom. The van der Waals surface area contributed by atoms with Gasteiger partial charge in [0.05, 0.1) is 0 Å². The van der Waals surface area contributed by atoms with Gasteiger partial charge in [0.2, 0.25) is 5.13 Å². The Balaban J connectivity index is 2.02. The SMILES string of the molecule is Cn1c(C(=O)N[C@H](c2ccccc2)c2nnc(N)s2)cc(=O)n(C)c1=O. The molecule has 0 unspecified atom stereocenters. The number of nitrogens with one attached hydrogen (secondary N) is 1. The van der Waals surface area contributed by atoms with E-state index in [2.05, 4.69) is 15.5 Å². The first kappa shape index (κ1) is 17.5. The van der Waals surface area contributed by atoms with E-state index in [1.165, 1.54) is 14.1 Å². The van der Waals surface area contributed by atoms with Gasteiger partial charge in [0.15, 0.2) is 0 Å². The number of amides is 1. The van der Waals surface area contributed by atoms with E-state index in [0.717, 1.165) is 32.1 Å². The summed E-state index contributed by atoms with van der Waals surface area (Å²) < 4.78 is 2.05. The molecule has 0 bridgehead atoms. The predicted octanol–water partition coefficient (Wildman–Crippen LogP) is 0.0371. The standard InChI is InChI=1S/C16H16N6O3S/c1-21-10(8-11(23)22(2)16(21)25)13(24)18-12(9-6-4-3-5-7-9)14-19-20-15(17)26-14/h3-8,12H,1-2H3,(H2,17,20)(H,18,24)/t12-/m1/s1. The minimum Gasteiger partial charge on any atom is -0.374 e. The Morgan fingerprint density at radius 2 is 1.85 bits per heavy atom. The summed E-state index contributed by atoms with van der Waals surface area (Å²) in [5.41, 5.74) is 5.24. The Hall–Kier alpha value is -3.27. The third kappa shape index (κ3) is 3.26. The van der Waals surface area contributed by atoms with E-state index in [9.17, 15) is 14.4 Å². The molecule has 0 radical (unpaired) electrons. The number of hydrogen-bond donors (Lipinski definition) is 2. The minimum absolute atomic E-state index is 0.0449. The molecule has 2 heterocycles. The number of nitrogens with zero attached hydrogens (tertiary/aromatic N) is 4. The molecule has 0 aliphatic rings. The van der Waals surface area contributed by atoms with Crippen LogP contribution >= 0.6 is 11.3 Å². The fraction of sp³-hybridized carbons (Fsp3) is 0.188. The average molecular weight is 372 g/mol. The Morgan fingerprint density at radius 1 is 1.15 bits per heavy atom. The van der Waals surface area contributed by atoms with E-state index in [1.807, 2.05) is 30.3 Å². The molecule has 10 heteroatoms. The lowest BCUT2D eigenvalue weighted by Crippen LogP contribution is -2.41. The van der Waals surface area contributed by atoms with Crippen molar-refractivity contribution in [1.29, 1.82) is 0 Å². The Bertz CT molecular complexity index is 1070. The highest BCUT2D eigenvalue weighted by atomic mass is 32.1. The van der Waals surface area contributed by atoms with Crippen molar-refractivity contribution in [3.8, 4) is 0 Å². The van der Waals surface area contributed by atoms with Gasteiger partial charge in [0, 0.05) is 20.2 Å². The van der Waals surface area contributed by atoms with Gasteiger partial charge in [-0.3, -0.25) is 18.7 Å². The van der Waals surface area contributed by atoms with Gasteiger partial charge >= 0.3 is 5.69 Å². The van der Waals surface area contributed by atoms with Gasteiger partial charge in [0.1, 0.15) is 16.7 Å². The normalized spacial score (nSPS) is 11.9. The number of aromatic nitrogens is 4. The molecule has 1 amide bonds. The van der Waals surface area contributed by atoms with Crippen molar-refractivity contribution in [2.45, 2.75) is 6.04 Å². The summed E-state index contributed by atoms with van der Waals surface area (Å²) in [7, 11) is 2.78. The van der Waals surface area contributed by atoms with Crippen LogP contribution in [0.2, 0.25) is 0 Å². The van der Waals surface area contributed by atoms with Gasteiger partial charge in [-0.1, -0.05) is 41.7 Å². The molecule has 0 saturated carbocycles. The van der Waals surface area contributed by atoms with Gasteiger partial charge in [-0.05, 0) is 5.56 Å². The molecule has 1 atom stereocenters. The zero-order valence-corrected chi connectivity index (χ0v) is 14.9. The second kappa shape index (κ2) is 6.92. The quantitative estimate of drug-likeness (QED) is 0.666. The first-order valence-corrected chi connectivity index (χ1v) is 8.42. The van der Waals surface area contributed by atoms with Crippen LogP contribution in [0.25, 0.3) is 0 Å². The fourth-order valence-electron chi connectivity index (χ4n) is 2.45. The summed E-state index contributed by atoms with van der Waals surface area (Å²) in [6, 6.07) is 9.66. The van der Waals surface area contributed by atoms with Gasteiger partial charge in [-0.2, -0.15) is 0 Å². The van der Waals surface area contributed by atoms with E-state index in [-0.39, 0.29) is 10.8 Å². The molecule has 0 saturated heterocycles.